The van der Waals surface area contributed by atoms with Crippen LogP contribution in [-0.4, -0.2) is 47.4 Å². The highest BCUT2D eigenvalue weighted by Crippen LogP contribution is 2.17. The molecular weight excluding hydrogens is 315 g/mol. The second kappa shape index (κ2) is 7.06. The summed E-state index contributed by atoms with van der Waals surface area (Å²) in [5, 5.41) is 3.26. The number of carbonyl (C=O) groups is 2. The van der Waals surface area contributed by atoms with E-state index in [1.165, 1.54) is 6.07 Å². The Bertz CT molecular complexity index is 545. The van der Waals surface area contributed by atoms with Gasteiger partial charge in [0, 0.05) is 19.1 Å². The molecule has 1 aliphatic heterocycles. The minimum atomic E-state index is -0.337. The van der Waals surface area contributed by atoms with Gasteiger partial charge in [0.05, 0.1) is 12.1 Å². The Morgan fingerprint density at radius 1 is 1.33 bits per heavy atom. The fourth-order valence-corrected chi connectivity index (χ4v) is 2.73. The van der Waals surface area contributed by atoms with E-state index in [2.05, 4.69) is 10.3 Å². The summed E-state index contributed by atoms with van der Waals surface area (Å²) in [5.74, 6) is -0.603. The van der Waals surface area contributed by atoms with Crippen LogP contribution < -0.4 is 11.1 Å². The first-order chi connectivity index (χ1) is 9.95. The molecule has 8 heteroatoms. The fourth-order valence-electron chi connectivity index (χ4n) is 2.30. The first-order valence-electron chi connectivity index (χ1n) is 6.59. The first-order valence-corrected chi connectivity index (χ1v) is 7.35. The molecule has 0 aromatic carbocycles. The zero-order valence-electron chi connectivity index (χ0n) is 11.3. The molecule has 0 unspecified atom stereocenters. The van der Waals surface area contributed by atoms with Crippen molar-refractivity contribution in [2.75, 3.05) is 19.6 Å². The van der Waals surface area contributed by atoms with Crippen LogP contribution >= 0.6 is 23.2 Å². The lowest BCUT2D eigenvalue weighted by Crippen LogP contribution is -2.46. The number of hydrogen-bond donors (Lipinski definition) is 2. The van der Waals surface area contributed by atoms with Crippen LogP contribution in [0.4, 0.5) is 0 Å². The number of amides is 2. The maximum atomic E-state index is 12.1. The van der Waals surface area contributed by atoms with Crippen LogP contribution in [0.25, 0.3) is 0 Å². The molecule has 0 aliphatic carbocycles. The van der Waals surface area contributed by atoms with Gasteiger partial charge in [0.15, 0.2) is 0 Å². The number of hydrogen-bond acceptors (Lipinski definition) is 4. The van der Waals surface area contributed by atoms with Gasteiger partial charge in [0.1, 0.15) is 10.3 Å². The van der Waals surface area contributed by atoms with E-state index in [1.807, 2.05) is 4.90 Å². The largest absolute Gasteiger partial charge is 0.369 e. The molecule has 0 saturated carbocycles. The Labute approximate surface area is 132 Å². The highest BCUT2D eigenvalue weighted by molar-refractivity contribution is 6.34. The van der Waals surface area contributed by atoms with E-state index in [1.54, 1.807) is 6.07 Å². The van der Waals surface area contributed by atoms with Crippen LogP contribution in [0, 0.1) is 0 Å². The number of nitrogens with two attached hydrogens (primary N) is 1. The SMILES string of the molecule is NC(=O)CN1CCC(NC(=O)c2ccc(Cl)nc2Cl)CC1. The molecule has 0 atom stereocenters. The predicted octanol–water partition coefficient (Wildman–Crippen LogP) is 1.07. The topological polar surface area (TPSA) is 88.3 Å². The lowest BCUT2D eigenvalue weighted by Gasteiger charge is -2.31. The standard InChI is InChI=1S/C13H16Cl2N4O2/c14-10-2-1-9(12(15)18-10)13(21)17-8-3-5-19(6-4-8)7-11(16)20/h1-2,8H,3-7H2,(H2,16,20)(H,17,21). The molecule has 2 heterocycles. The number of halogens is 2. The molecule has 1 aromatic rings. The summed E-state index contributed by atoms with van der Waals surface area (Å²) in [6.07, 6.45) is 1.52. The van der Waals surface area contributed by atoms with Crippen molar-refractivity contribution in [3.05, 3.63) is 28.0 Å². The predicted molar refractivity (Wildman–Crippen MR) is 80.4 cm³/mol. The van der Waals surface area contributed by atoms with Crippen LogP contribution in [0.15, 0.2) is 12.1 Å². The van der Waals surface area contributed by atoms with Crippen molar-refractivity contribution in [3.8, 4) is 0 Å². The number of primary amides is 1. The Hall–Kier alpha value is -1.37. The summed E-state index contributed by atoms with van der Waals surface area (Å²) in [7, 11) is 0. The van der Waals surface area contributed by atoms with Crippen LogP contribution in [0.5, 0.6) is 0 Å². The van der Waals surface area contributed by atoms with Gasteiger partial charge in [-0.2, -0.15) is 0 Å². The van der Waals surface area contributed by atoms with E-state index in [0.717, 1.165) is 25.9 Å². The molecule has 0 radical (unpaired) electrons. The Morgan fingerprint density at radius 2 is 2.00 bits per heavy atom. The zero-order valence-corrected chi connectivity index (χ0v) is 12.8. The number of nitrogens with one attached hydrogen (secondary N) is 1. The molecule has 2 rings (SSSR count). The summed E-state index contributed by atoms with van der Waals surface area (Å²) in [5.41, 5.74) is 5.47. The van der Waals surface area contributed by atoms with Crippen LogP contribution in [0.2, 0.25) is 10.3 Å². The summed E-state index contributed by atoms with van der Waals surface area (Å²) in [6.45, 7) is 1.70. The smallest absolute Gasteiger partial charge is 0.254 e. The highest BCUT2D eigenvalue weighted by Gasteiger charge is 2.22. The lowest BCUT2D eigenvalue weighted by atomic mass is 10.0. The number of rotatable bonds is 4. The van der Waals surface area contributed by atoms with Gasteiger partial charge in [0.2, 0.25) is 5.91 Å². The summed E-state index contributed by atoms with van der Waals surface area (Å²) >= 11 is 11.6. The zero-order chi connectivity index (χ0) is 15.4. The highest BCUT2D eigenvalue weighted by atomic mass is 35.5. The minimum absolute atomic E-state index is 0.0494. The molecule has 1 aromatic heterocycles. The summed E-state index contributed by atoms with van der Waals surface area (Å²) in [4.78, 5) is 28.8. The van der Waals surface area contributed by atoms with E-state index in [-0.39, 0.29) is 34.7 Å². The molecule has 114 valence electrons. The minimum Gasteiger partial charge on any atom is -0.369 e. The molecule has 21 heavy (non-hydrogen) atoms. The van der Waals surface area contributed by atoms with E-state index in [9.17, 15) is 9.59 Å². The van der Waals surface area contributed by atoms with Gasteiger partial charge in [-0.05, 0) is 25.0 Å². The second-order valence-electron chi connectivity index (χ2n) is 4.96. The normalized spacial score (nSPS) is 16.7. The molecule has 1 saturated heterocycles. The Kier molecular flexibility index (Phi) is 5.39. The third-order valence-corrected chi connectivity index (χ3v) is 3.86. The van der Waals surface area contributed by atoms with Gasteiger partial charge in [-0.15, -0.1) is 0 Å². The summed E-state index contributed by atoms with van der Waals surface area (Å²) < 4.78 is 0. The molecule has 6 nitrogen and oxygen atoms in total. The Morgan fingerprint density at radius 3 is 2.57 bits per heavy atom. The van der Waals surface area contributed by atoms with Crippen molar-refractivity contribution in [1.82, 2.24) is 15.2 Å². The molecule has 0 spiro atoms. The van der Waals surface area contributed by atoms with E-state index in [4.69, 9.17) is 28.9 Å². The fraction of sp³-hybridized carbons (Fsp3) is 0.462. The van der Waals surface area contributed by atoms with Gasteiger partial charge >= 0.3 is 0 Å². The van der Waals surface area contributed by atoms with E-state index >= 15 is 0 Å². The monoisotopic (exact) mass is 330 g/mol. The van der Waals surface area contributed by atoms with E-state index < -0.39 is 0 Å². The van der Waals surface area contributed by atoms with Crippen molar-refractivity contribution < 1.29 is 9.59 Å². The molecule has 1 fully saturated rings. The van der Waals surface area contributed by atoms with Crippen molar-refractivity contribution in [1.29, 1.82) is 0 Å². The van der Waals surface area contributed by atoms with Crippen molar-refractivity contribution in [2.45, 2.75) is 18.9 Å². The third kappa shape index (κ3) is 4.56. The van der Waals surface area contributed by atoms with Gasteiger partial charge in [0.25, 0.3) is 5.91 Å². The van der Waals surface area contributed by atoms with Gasteiger partial charge in [-0.1, -0.05) is 23.2 Å². The van der Waals surface area contributed by atoms with Crippen LogP contribution in [0.3, 0.4) is 0 Å². The molecule has 1 aliphatic rings. The first kappa shape index (κ1) is 16.0. The summed E-state index contributed by atoms with van der Waals surface area (Å²) in [6, 6.07) is 3.13. The average molecular weight is 331 g/mol. The molecular formula is C13H16Cl2N4O2. The molecule has 2 amide bonds. The quantitative estimate of drug-likeness (QED) is 0.808. The van der Waals surface area contributed by atoms with Crippen LogP contribution in [-0.2, 0) is 4.79 Å². The Balaban J connectivity index is 1.88. The van der Waals surface area contributed by atoms with Gasteiger partial charge in [-0.3, -0.25) is 14.5 Å². The van der Waals surface area contributed by atoms with Gasteiger partial charge < -0.3 is 11.1 Å². The van der Waals surface area contributed by atoms with Crippen molar-refractivity contribution in [2.24, 2.45) is 5.73 Å². The number of likely N-dealkylation sites (tertiary alicyclic amines) is 1. The number of pyridine rings is 1. The van der Waals surface area contributed by atoms with Gasteiger partial charge in [-0.25, -0.2) is 4.98 Å². The lowest BCUT2D eigenvalue weighted by molar-refractivity contribution is -0.119. The maximum Gasteiger partial charge on any atom is 0.254 e. The third-order valence-electron chi connectivity index (χ3n) is 3.36. The maximum absolute atomic E-state index is 12.1. The molecule has 3 N–H and O–H groups in total. The van der Waals surface area contributed by atoms with Crippen molar-refractivity contribution >= 4 is 35.0 Å². The van der Waals surface area contributed by atoms with E-state index in [0.29, 0.717) is 5.56 Å². The number of piperidine rings is 1. The van der Waals surface area contributed by atoms with Crippen molar-refractivity contribution in [3.63, 3.8) is 0 Å². The number of carbonyl (C=O) groups excluding carboxylic acids is 2. The number of nitrogens with zero attached hydrogens (tertiary/aromatic N) is 2. The second-order valence-corrected chi connectivity index (χ2v) is 5.71. The average Bonchev–Trinajstić information content (AvgIpc) is 2.40. The molecule has 0 bridgehead atoms. The van der Waals surface area contributed by atoms with Crippen LogP contribution in [0.1, 0.15) is 23.2 Å². The number of aromatic nitrogens is 1.